The molecule has 272 valence electrons. The molecule has 0 unspecified atom stereocenters. The normalized spacial score (nSPS) is 11.4. The topological polar surface area (TPSA) is 16.4 Å². The largest absolute Gasteiger partial charge is 0.455 e. The first-order chi connectivity index (χ1) is 28.8. The Balaban J connectivity index is 1.16. The summed E-state index contributed by atoms with van der Waals surface area (Å²) in [6.07, 6.45) is 0. The molecule has 11 rings (SSSR count). The van der Waals surface area contributed by atoms with Crippen molar-refractivity contribution in [1.29, 1.82) is 0 Å². The molecule has 1 heterocycles. The Morgan fingerprint density at radius 1 is 0.310 bits per heavy atom. The molecule has 58 heavy (non-hydrogen) atoms. The van der Waals surface area contributed by atoms with E-state index in [1.807, 2.05) is 0 Å². The summed E-state index contributed by atoms with van der Waals surface area (Å²) in [6, 6.07) is 80.7. The van der Waals surface area contributed by atoms with Crippen molar-refractivity contribution in [2.45, 2.75) is 0 Å². The molecule has 0 spiro atoms. The maximum atomic E-state index is 6.89. The van der Waals surface area contributed by atoms with Gasteiger partial charge in [-0.15, -0.1) is 0 Å². The van der Waals surface area contributed by atoms with E-state index in [1.54, 1.807) is 0 Å². The molecule has 0 bridgehead atoms. The van der Waals surface area contributed by atoms with Gasteiger partial charge in [-0.25, -0.2) is 0 Å². The van der Waals surface area contributed by atoms with Crippen molar-refractivity contribution in [2.24, 2.45) is 0 Å². The maximum absolute atomic E-state index is 6.89. The zero-order chi connectivity index (χ0) is 38.4. The predicted molar refractivity (Wildman–Crippen MR) is 245 cm³/mol. The van der Waals surface area contributed by atoms with Gasteiger partial charge in [-0.1, -0.05) is 176 Å². The van der Waals surface area contributed by atoms with Crippen LogP contribution in [0.25, 0.3) is 88.0 Å². The summed E-state index contributed by atoms with van der Waals surface area (Å²) >= 11 is 0. The molecular formula is C56H37NO. The smallest absolute Gasteiger partial charge is 0.145 e. The molecule has 0 radical (unpaired) electrons. The van der Waals surface area contributed by atoms with E-state index in [4.69, 9.17) is 4.42 Å². The Morgan fingerprint density at radius 3 is 1.64 bits per heavy atom. The van der Waals surface area contributed by atoms with Crippen LogP contribution in [0.15, 0.2) is 229 Å². The summed E-state index contributed by atoms with van der Waals surface area (Å²) in [7, 11) is 0. The van der Waals surface area contributed by atoms with Gasteiger partial charge in [0.2, 0.25) is 0 Å². The van der Waals surface area contributed by atoms with Gasteiger partial charge in [0.1, 0.15) is 11.2 Å². The summed E-state index contributed by atoms with van der Waals surface area (Å²) in [5, 5.41) is 7.05. The van der Waals surface area contributed by atoms with E-state index >= 15 is 0 Å². The number of furan rings is 1. The molecule has 0 fully saturated rings. The number of hydrogen-bond acceptors (Lipinski definition) is 2. The zero-order valence-corrected chi connectivity index (χ0v) is 31.7. The second-order valence-corrected chi connectivity index (χ2v) is 14.9. The van der Waals surface area contributed by atoms with Crippen molar-refractivity contribution < 1.29 is 4.42 Å². The molecule has 0 saturated carbocycles. The van der Waals surface area contributed by atoms with Crippen LogP contribution in [-0.2, 0) is 0 Å². The predicted octanol–water partition coefficient (Wildman–Crippen LogP) is 16.0. The standard InChI is InChI=1S/C56H37NO/c1-2-16-41(17-3-1)47-20-8-9-21-49(47)50-22-10-12-24-52(50)57(46-32-30-40(31-33-46)44-28-26-38-14-4-6-18-42(38)36-44)53-35-34-48(45-29-27-39-15-5-7-19-43(39)37-45)56-55(53)51-23-11-13-25-54(51)58-56/h1-37H. The van der Waals surface area contributed by atoms with Gasteiger partial charge >= 0.3 is 0 Å². The van der Waals surface area contributed by atoms with Crippen LogP contribution in [0, 0.1) is 0 Å². The zero-order valence-electron chi connectivity index (χ0n) is 31.7. The molecule has 10 aromatic carbocycles. The monoisotopic (exact) mass is 739 g/mol. The quantitative estimate of drug-likeness (QED) is 0.162. The third-order valence-corrected chi connectivity index (χ3v) is 11.5. The number of anilines is 3. The van der Waals surface area contributed by atoms with Gasteiger partial charge in [0.25, 0.3) is 0 Å². The second kappa shape index (κ2) is 14.1. The van der Waals surface area contributed by atoms with E-state index in [9.17, 15) is 0 Å². The van der Waals surface area contributed by atoms with Crippen LogP contribution in [0.5, 0.6) is 0 Å². The van der Waals surface area contributed by atoms with Crippen molar-refractivity contribution in [3.63, 3.8) is 0 Å². The Hall–Kier alpha value is -7.68. The lowest BCUT2D eigenvalue weighted by molar-refractivity contribution is 0.670. The maximum Gasteiger partial charge on any atom is 0.145 e. The molecule has 0 atom stereocenters. The van der Waals surface area contributed by atoms with Crippen LogP contribution in [0.2, 0.25) is 0 Å². The molecular weight excluding hydrogens is 703 g/mol. The minimum atomic E-state index is 0.862. The molecule has 2 nitrogen and oxygen atoms in total. The van der Waals surface area contributed by atoms with Crippen molar-refractivity contribution >= 4 is 60.5 Å². The van der Waals surface area contributed by atoms with Gasteiger partial charge in [-0.2, -0.15) is 0 Å². The van der Waals surface area contributed by atoms with E-state index in [-0.39, 0.29) is 0 Å². The number of nitrogens with zero attached hydrogens (tertiary/aromatic N) is 1. The Morgan fingerprint density at radius 2 is 0.879 bits per heavy atom. The number of para-hydroxylation sites is 2. The van der Waals surface area contributed by atoms with Crippen LogP contribution >= 0.6 is 0 Å². The third kappa shape index (κ3) is 5.82. The summed E-state index contributed by atoms with van der Waals surface area (Å²) in [5.74, 6) is 0. The van der Waals surface area contributed by atoms with Crippen LogP contribution in [0.4, 0.5) is 17.1 Å². The molecule has 2 heteroatoms. The Bertz CT molecular complexity index is 3290. The molecule has 0 aliphatic carbocycles. The van der Waals surface area contributed by atoms with Gasteiger partial charge in [-0.3, -0.25) is 0 Å². The van der Waals surface area contributed by atoms with E-state index in [2.05, 4.69) is 229 Å². The minimum Gasteiger partial charge on any atom is -0.455 e. The third-order valence-electron chi connectivity index (χ3n) is 11.5. The number of hydrogen-bond donors (Lipinski definition) is 0. The second-order valence-electron chi connectivity index (χ2n) is 14.9. The first-order valence-corrected chi connectivity index (χ1v) is 19.8. The van der Waals surface area contributed by atoms with Gasteiger partial charge in [0.05, 0.1) is 16.8 Å². The van der Waals surface area contributed by atoms with Gasteiger partial charge in [0.15, 0.2) is 0 Å². The molecule has 0 aliphatic rings. The summed E-state index contributed by atoms with van der Waals surface area (Å²) in [5.41, 5.74) is 14.1. The van der Waals surface area contributed by atoms with E-state index < -0.39 is 0 Å². The van der Waals surface area contributed by atoms with Crippen LogP contribution in [0.1, 0.15) is 0 Å². The molecule has 11 aromatic rings. The summed E-state index contributed by atoms with van der Waals surface area (Å²) in [6.45, 7) is 0. The first-order valence-electron chi connectivity index (χ1n) is 19.8. The molecule has 0 N–H and O–H groups in total. The molecule has 0 amide bonds. The summed E-state index contributed by atoms with van der Waals surface area (Å²) in [4.78, 5) is 2.43. The molecule has 0 aliphatic heterocycles. The average Bonchev–Trinajstić information content (AvgIpc) is 3.70. The van der Waals surface area contributed by atoms with Crippen molar-refractivity contribution in [2.75, 3.05) is 4.90 Å². The highest BCUT2D eigenvalue weighted by Crippen LogP contribution is 2.49. The Kier molecular flexibility index (Phi) is 8.19. The van der Waals surface area contributed by atoms with E-state index in [1.165, 1.54) is 49.4 Å². The average molecular weight is 740 g/mol. The summed E-state index contributed by atoms with van der Waals surface area (Å²) < 4.78 is 6.89. The lowest BCUT2D eigenvalue weighted by Crippen LogP contribution is -2.12. The van der Waals surface area contributed by atoms with Crippen molar-refractivity contribution in [1.82, 2.24) is 0 Å². The highest BCUT2D eigenvalue weighted by molar-refractivity contribution is 6.18. The fraction of sp³-hybridized carbons (Fsp3) is 0. The van der Waals surface area contributed by atoms with E-state index in [0.717, 1.165) is 55.7 Å². The van der Waals surface area contributed by atoms with E-state index in [0.29, 0.717) is 0 Å². The van der Waals surface area contributed by atoms with Crippen molar-refractivity contribution in [3.05, 3.63) is 224 Å². The van der Waals surface area contributed by atoms with Gasteiger partial charge in [0, 0.05) is 22.2 Å². The number of fused-ring (bicyclic) bond motifs is 5. The van der Waals surface area contributed by atoms with Crippen LogP contribution in [-0.4, -0.2) is 0 Å². The lowest BCUT2D eigenvalue weighted by atomic mass is 9.92. The minimum absolute atomic E-state index is 0.862. The van der Waals surface area contributed by atoms with Gasteiger partial charge < -0.3 is 9.32 Å². The molecule has 0 saturated heterocycles. The van der Waals surface area contributed by atoms with Crippen LogP contribution < -0.4 is 4.90 Å². The fourth-order valence-corrected chi connectivity index (χ4v) is 8.64. The Labute approximate surface area is 337 Å². The highest BCUT2D eigenvalue weighted by Gasteiger charge is 2.25. The number of rotatable bonds is 7. The van der Waals surface area contributed by atoms with Crippen molar-refractivity contribution in [3.8, 4) is 44.5 Å². The fourth-order valence-electron chi connectivity index (χ4n) is 8.64. The highest BCUT2D eigenvalue weighted by atomic mass is 16.3. The molecule has 1 aromatic heterocycles. The lowest BCUT2D eigenvalue weighted by Gasteiger charge is -2.29. The van der Waals surface area contributed by atoms with Gasteiger partial charge in [-0.05, 0) is 103 Å². The SMILES string of the molecule is c1ccc(-c2ccccc2-c2ccccc2N(c2ccc(-c3ccc4ccccc4c3)cc2)c2ccc(-c3ccc4ccccc4c3)c3oc4ccccc4c23)cc1. The number of benzene rings is 10. The first kappa shape index (κ1) is 33.6. The van der Waals surface area contributed by atoms with Crippen LogP contribution in [0.3, 0.4) is 0 Å².